The highest BCUT2D eigenvalue weighted by Crippen LogP contribution is 2.31. The molecule has 1 aliphatic rings. The van der Waals surface area contributed by atoms with E-state index < -0.39 is 0 Å². The zero-order valence-electron chi connectivity index (χ0n) is 11.8. The minimum Gasteiger partial charge on any atom is -0.466 e. The molecule has 1 saturated heterocycles. The number of likely N-dealkylation sites (tertiary alicyclic amines) is 1. The van der Waals surface area contributed by atoms with E-state index in [9.17, 15) is 0 Å². The molecule has 0 spiro atoms. The maximum Gasteiger partial charge on any atom is 0.110 e. The number of hydrogen-bond acceptors (Lipinski definition) is 4. The highest BCUT2D eigenvalue weighted by atomic mass is 16.5. The summed E-state index contributed by atoms with van der Waals surface area (Å²) < 4.78 is 11.0. The molecule has 1 aliphatic heterocycles. The molecule has 4 nitrogen and oxygen atoms in total. The minimum atomic E-state index is 0.463. The molecule has 2 heterocycles. The zero-order chi connectivity index (χ0) is 13.1. The Kier molecular flexibility index (Phi) is 4.43. The summed E-state index contributed by atoms with van der Waals surface area (Å²) in [6.45, 7) is 5.94. The summed E-state index contributed by atoms with van der Waals surface area (Å²) in [5, 5.41) is 0. The van der Waals surface area contributed by atoms with E-state index in [4.69, 9.17) is 9.15 Å². The summed E-state index contributed by atoms with van der Waals surface area (Å²) >= 11 is 0. The van der Waals surface area contributed by atoms with Gasteiger partial charge in [0.2, 0.25) is 0 Å². The molecule has 1 fully saturated rings. The second-order valence-corrected chi connectivity index (χ2v) is 5.34. The van der Waals surface area contributed by atoms with Gasteiger partial charge in [-0.3, -0.25) is 4.90 Å². The fourth-order valence-corrected chi connectivity index (χ4v) is 2.72. The minimum absolute atomic E-state index is 0.463. The van der Waals surface area contributed by atoms with E-state index in [1.807, 2.05) is 6.92 Å². The normalized spacial score (nSPS) is 25.2. The van der Waals surface area contributed by atoms with Crippen molar-refractivity contribution in [2.75, 3.05) is 47.4 Å². The fraction of sp³-hybridized carbons (Fsp3) is 0.714. The Hall–Kier alpha value is -0.840. The predicted octanol–water partition coefficient (Wildman–Crippen LogP) is 1.56. The molecule has 18 heavy (non-hydrogen) atoms. The summed E-state index contributed by atoms with van der Waals surface area (Å²) in [5.41, 5.74) is 0. The van der Waals surface area contributed by atoms with Crippen molar-refractivity contribution in [1.82, 2.24) is 9.80 Å². The monoisotopic (exact) mass is 252 g/mol. The average Bonchev–Trinajstić information content (AvgIpc) is 2.92. The van der Waals surface area contributed by atoms with Gasteiger partial charge in [0.15, 0.2) is 0 Å². The molecule has 0 amide bonds. The lowest BCUT2D eigenvalue weighted by Crippen LogP contribution is -2.34. The topological polar surface area (TPSA) is 28.9 Å². The van der Waals surface area contributed by atoms with Crippen molar-refractivity contribution in [3.05, 3.63) is 23.7 Å². The van der Waals surface area contributed by atoms with Crippen LogP contribution >= 0.6 is 0 Å². The second kappa shape index (κ2) is 5.87. The van der Waals surface area contributed by atoms with Crippen LogP contribution in [0.1, 0.15) is 17.4 Å². The van der Waals surface area contributed by atoms with E-state index in [1.165, 1.54) is 0 Å². The zero-order valence-corrected chi connectivity index (χ0v) is 11.8. The first-order valence-electron chi connectivity index (χ1n) is 6.56. The van der Waals surface area contributed by atoms with Crippen molar-refractivity contribution in [3.63, 3.8) is 0 Å². The van der Waals surface area contributed by atoms with Crippen LogP contribution in [0.4, 0.5) is 0 Å². The first-order chi connectivity index (χ1) is 8.61. The number of ether oxygens (including phenoxy) is 1. The van der Waals surface area contributed by atoms with Crippen LogP contribution in [0.5, 0.6) is 0 Å². The molecular weight excluding hydrogens is 228 g/mol. The third-order valence-electron chi connectivity index (χ3n) is 3.77. The Morgan fingerprint density at radius 2 is 2.17 bits per heavy atom. The molecule has 1 aromatic heterocycles. The number of rotatable bonds is 5. The lowest BCUT2D eigenvalue weighted by molar-refractivity contribution is 0.156. The molecular formula is C14H24N2O2. The summed E-state index contributed by atoms with van der Waals surface area (Å²) in [4.78, 5) is 4.76. The van der Waals surface area contributed by atoms with Gasteiger partial charge in [0.05, 0.1) is 6.61 Å². The van der Waals surface area contributed by atoms with Crippen LogP contribution in [-0.4, -0.2) is 63.3 Å². The number of nitrogens with zero attached hydrogens (tertiary/aromatic N) is 2. The Labute approximate surface area is 110 Å². The van der Waals surface area contributed by atoms with Crippen LogP contribution in [0.3, 0.4) is 0 Å². The molecule has 0 saturated carbocycles. The molecule has 0 aliphatic carbocycles. The van der Waals surface area contributed by atoms with Gasteiger partial charge in [-0.15, -0.1) is 0 Å². The predicted molar refractivity (Wildman–Crippen MR) is 72.0 cm³/mol. The number of hydrogen-bond donors (Lipinski definition) is 0. The van der Waals surface area contributed by atoms with Crippen LogP contribution in [0.25, 0.3) is 0 Å². The molecule has 102 valence electrons. The quantitative estimate of drug-likeness (QED) is 0.795. The van der Waals surface area contributed by atoms with Gasteiger partial charge in [-0.05, 0) is 33.2 Å². The van der Waals surface area contributed by atoms with Gasteiger partial charge >= 0.3 is 0 Å². The molecule has 2 rings (SSSR count). The van der Waals surface area contributed by atoms with E-state index in [2.05, 4.69) is 36.0 Å². The van der Waals surface area contributed by atoms with Crippen LogP contribution in [0, 0.1) is 6.92 Å². The molecule has 0 bridgehead atoms. The lowest BCUT2D eigenvalue weighted by atomic mass is 10.0. The van der Waals surface area contributed by atoms with Crippen molar-refractivity contribution in [1.29, 1.82) is 0 Å². The highest BCUT2D eigenvalue weighted by molar-refractivity contribution is 5.16. The van der Waals surface area contributed by atoms with E-state index in [1.54, 1.807) is 7.11 Å². The fourth-order valence-electron chi connectivity index (χ4n) is 2.72. The van der Waals surface area contributed by atoms with Gasteiger partial charge in [-0.25, -0.2) is 0 Å². The summed E-state index contributed by atoms with van der Waals surface area (Å²) in [5.74, 6) is 2.58. The maximum atomic E-state index is 5.82. The molecule has 1 aromatic rings. The molecule has 4 heteroatoms. The molecule has 0 radical (unpaired) electrons. The second-order valence-electron chi connectivity index (χ2n) is 5.34. The van der Waals surface area contributed by atoms with Crippen LogP contribution in [0.2, 0.25) is 0 Å². The summed E-state index contributed by atoms with van der Waals surface area (Å²) in [6.07, 6.45) is 0. The summed E-state index contributed by atoms with van der Waals surface area (Å²) in [6, 6.07) is 4.70. The number of aryl methyl sites for hydroxylation is 1. The van der Waals surface area contributed by atoms with E-state index in [-0.39, 0.29) is 0 Å². The van der Waals surface area contributed by atoms with Crippen LogP contribution in [0.15, 0.2) is 16.5 Å². The van der Waals surface area contributed by atoms with Crippen molar-refractivity contribution >= 4 is 0 Å². The first kappa shape index (κ1) is 13.6. The lowest BCUT2D eigenvalue weighted by Gasteiger charge is -2.23. The molecule has 0 aromatic carbocycles. The Morgan fingerprint density at radius 1 is 1.39 bits per heavy atom. The third kappa shape index (κ3) is 2.94. The van der Waals surface area contributed by atoms with E-state index in [0.717, 1.165) is 37.8 Å². The first-order valence-corrected chi connectivity index (χ1v) is 6.56. The van der Waals surface area contributed by atoms with Crippen molar-refractivity contribution in [2.24, 2.45) is 0 Å². The Morgan fingerprint density at radius 3 is 2.72 bits per heavy atom. The summed E-state index contributed by atoms with van der Waals surface area (Å²) in [7, 11) is 6.05. The Balaban J connectivity index is 2.07. The average molecular weight is 252 g/mol. The number of methoxy groups -OCH3 is 1. The number of furan rings is 1. The molecule has 0 N–H and O–H groups in total. The number of likely N-dealkylation sites (N-methyl/N-ethyl adjacent to an activating group) is 1. The standard InChI is InChI=1S/C14H24N2O2/c1-11-5-6-14(18-11)12-9-16(7-8-17-4)10-13(12)15(2)3/h5-6,12-13H,7-10H2,1-4H3/t12-,13-/m0/s1. The smallest absolute Gasteiger partial charge is 0.110 e. The van der Waals surface area contributed by atoms with Crippen molar-refractivity contribution < 1.29 is 9.15 Å². The maximum absolute atomic E-state index is 5.82. The van der Waals surface area contributed by atoms with E-state index in [0.29, 0.717) is 12.0 Å². The Bertz CT molecular complexity index is 376. The largest absolute Gasteiger partial charge is 0.466 e. The molecule has 2 atom stereocenters. The van der Waals surface area contributed by atoms with Crippen molar-refractivity contribution in [2.45, 2.75) is 18.9 Å². The third-order valence-corrected chi connectivity index (χ3v) is 3.77. The van der Waals surface area contributed by atoms with Gasteiger partial charge in [0, 0.05) is 38.7 Å². The van der Waals surface area contributed by atoms with Gasteiger partial charge < -0.3 is 14.1 Å². The van der Waals surface area contributed by atoms with Gasteiger partial charge in [0.25, 0.3) is 0 Å². The molecule has 0 unspecified atom stereocenters. The van der Waals surface area contributed by atoms with Crippen LogP contribution in [-0.2, 0) is 4.74 Å². The van der Waals surface area contributed by atoms with Crippen molar-refractivity contribution in [3.8, 4) is 0 Å². The SMILES string of the molecule is COCCN1C[C@H](c2ccc(C)o2)[C@@H](N(C)C)C1. The highest BCUT2D eigenvalue weighted by Gasteiger charge is 2.36. The van der Waals surface area contributed by atoms with E-state index >= 15 is 0 Å². The van der Waals surface area contributed by atoms with Gasteiger partial charge in [0.1, 0.15) is 11.5 Å². The van der Waals surface area contributed by atoms with Gasteiger partial charge in [-0.2, -0.15) is 0 Å². The van der Waals surface area contributed by atoms with Gasteiger partial charge in [-0.1, -0.05) is 0 Å². The van der Waals surface area contributed by atoms with Crippen LogP contribution < -0.4 is 0 Å².